The van der Waals surface area contributed by atoms with Crippen LogP contribution in [0.1, 0.15) is 36.9 Å². The van der Waals surface area contributed by atoms with Gasteiger partial charge in [-0.05, 0) is 44.9 Å². The van der Waals surface area contributed by atoms with Gasteiger partial charge in [-0.25, -0.2) is 0 Å². The van der Waals surface area contributed by atoms with Crippen LogP contribution in [-0.4, -0.2) is 15.8 Å². The highest BCUT2D eigenvalue weighted by atomic mass is 35.5. The van der Waals surface area contributed by atoms with Gasteiger partial charge in [0.2, 0.25) is 0 Å². The number of aromatic nitrogens is 2. The molecule has 0 aromatic carbocycles. The SMILES string of the molecule is Cc1nn(C)c(Cl)c1CCCC(N)C1CC1. The van der Waals surface area contributed by atoms with E-state index in [2.05, 4.69) is 5.10 Å². The highest BCUT2D eigenvalue weighted by Crippen LogP contribution is 2.33. The summed E-state index contributed by atoms with van der Waals surface area (Å²) >= 11 is 6.17. The Bertz CT molecular complexity index is 369. The summed E-state index contributed by atoms with van der Waals surface area (Å²) in [4.78, 5) is 0. The van der Waals surface area contributed by atoms with Crippen LogP contribution in [-0.2, 0) is 13.5 Å². The lowest BCUT2D eigenvalue weighted by atomic mass is 10.0. The van der Waals surface area contributed by atoms with Gasteiger partial charge in [-0.2, -0.15) is 5.10 Å². The molecule has 16 heavy (non-hydrogen) atoms. The maximum absolute atomic E-state index is 6.17. The number of aryl methyl sites for hydroxylation is 2. The second kappa shape index (κ2) is 4.76. The number of halogens is 1. The zero-order valence-corrected chi connectivity index (χ0v) is 10.8. The Morgan fingerprint density at radius 2 is 2.25 bits per heavy atom. The molecule has 1 aliphatic carbocycles. The van der Waals surface area contributed by atoms with Gasteiger partial charge in [-0.3, -0.25) is 4.68 Å². The molecule has 1 fully saturated rings. The van der Waals surface area contributed by atoms with Crippen molar-refractivity contribution in [2.24, 2.45) is 18.7 Å². The van der Waals surface area contributed by atoms with E-state index in [1.165, 1.54) is 18.4 Å². The van der Waals surface area contributed by atoms with Crippen LogP contribution in [0.5, 0.6) is 0 Å². The molecule has 0 spiro atoms. The third-order valence-corrected chi connectivity index (χ3v) is 3.93. The monoisotopic (exact) mass is 241 g/mol. The van der Waals surface area contributed by atoms with E-state index in [1.54, 1.807) is 4.68 Å². The van der Waals surface area contributed by atoms with E-state index < -0.39 is 0 Å². The van der Waals surface area contributed by atoms with Gasteiger partial charge in [0.15, 0.2) is 0 Å². The van der Waals surface area contributed by atoms with E-state index >= 15 is 0 Å². The maximum atomic E-state index is 6.17. The Hall–Kier alpha value is -0.540. The van der Waals surface area contributed by atoms with Crippen LogP contribution in [0.25, 0.3) is 0 Å². The minimum atomic E-state index is 0.399. The molecule has 0 aliphatic heterocycles. The molecule has 0 saturated heterocycles. The van der Waals surface area contributed by atoms with Crippen LogP contribution in [0.15, 0.2) is 0 Å². The summed E-state index contributed by atoms with van der Waals surface area (Å²) in [6, 6.07) is 0.399. The summed E-state index contributed by atoms with van der Waals surface area (Å²) in [5.41, 5.74) is 8.31. The lowest BCUT2D eigenvalue weighted by molar-refractivity contribution is 0.528. The number of rotatable bonds is 5. The fraction of sp³-hybridized carbons (Fsp3) is 0.750. The lowest BCUT2D eigenvalue weighted by Gasteiger charge is -2.09. The van der Waals surface area contributed by atoms with Crippen molar-refractivity contribution in [2.45, 2.75) is 45.1 Å². The molecule has 0 amide bonds. The fourth-order valence-corrected chi connectivity index (χ4v) is 2.50. The first-order valence-electron chi connectivity index (χ1n) is 6.03. The van der Waals surface area contributed by atoms with E-state index in [-0.39, 0.29) is 0 Å². The average molecular weight is 242 g/mol. The minimum absolute atomic E-state index is 0.399. The summed E-state index contributed by atoms with van der Waals surface area (Å²) in [5.74, 6) is 0.797. The van der Waals surface area contributed by atoms with E-state index in [1.807, 2.05) is 14.0 Å². The minimum Gasteiger partial charge on any atom is -0.327 e. The van der Waals surface area contributed by atoms with E-state index in [0.29, 0.717) is 6.04 Å². The Morgan fingerprint density at radius 3 is 2.75 bits per heavy atom. The normalized spacial score (nSPS) is 17.8. The molecule has 1 atom stereocenters. The summed E-state index contributed by atoms with van der Waals surface area (Å²) in [6.45, 7) is 2.02. The van der Waals surface area contributed by atoms with Crippen molar-refractivity contribution in [2.75, 3.05) is 0 Å². The van der Waals surface area contributed by atoms with Crippen LogP contribution in [0.2, 0.25) is 5.15 Å². The molecule has 0 bridgehead atoms. The molecular weight excluding hydrogens is 222 g/mol. The highest BCUT2D eigenvalue weighted by Gasteiger charge is 2.27. The van der Waals surface area contributed by atoms with Gasteiger partial charge >= 0.3 is 0 Å². The van der Waals surface area contributed by atoms with E-state index in [0.717, 1.165) is 36.0 Å². The second-order valence-electron chi connectivity index (χ2n) is 4.87. The summed E-state index contributed by atoms with van der Waals surface area (Å²) in [5, 5.41) is 5.08. The summed E-state index contributed by atoms with van der Waals surface area (Å²) < 4.78 is 1.74. The van der Waals surface area contributed by atoms with Crippen molar-refractivity contribution >= 4 is 11.6 Å². The number of hydrogen-bond acceptors (Lipinski definition) is 2. The molecule has 3 nitrogen and oxygen atoms in total. The Balaban J connectivity index is 1.84. The van der Waals surface area contributed by atoms with Gasteiger partial charge in [0.25, 0.3) is 0 Å². The Morgan fingerprint density at radius 1 is 1.56 bits per heavy atom. The smallest absolute Gasteiger partial charge is 0.130 e. The molecule has 90 valence electrons. The first kappa shape index (κ1) is 11.9. The molecule has 2 rings (SSSR count). The number of nitrogens with zero attached hydrogens (tertiary/aromatic N) is 2. The largest absolute Gasteiger partial charge is 0.327 e. The van der Waals surface area contributed by atoms with Crippen LogP contribution < -0.4 is 5.73 Å². The molecule has 1 heterocycles. The van der Waals surface area contributed by atoms with Crippen molar-refractivity contribution in [3.8, 4) is 0 Å². The molecule has 2 N–H and O–H groups in total. The predicted molar refractivity (Wildman–Crippen MR) is 66.6 cm³/mol. The van der Waals surface area contributed by atoms with Gasteiger partial charge < -0.3 is 5.73 Å². The average Bonchev–Trinajstić information content (AvgIpc) is 3.02. The topological polar surface area (TPSA) is 43.8 Å². The van der Waals surface area contributed by atoms with Crippen LogP contribution >= 0.6 is 11.6 Å². The van der Waals surface area contributed by atoms with Crippen LogP contribution in [0.4, 0.5) is 0 Å². The van der Waals surface area contributed by atoms with Gasteiger partial charge in [0, 0.05) is 18.7 Å². The zero-order chi connectivity index (χ0) is 11.7. The van der Waals surface area contributed by atoms with E-state index in [4.69, 9.17) is 17.3 Å². The first-order chi connectivity index (χ1) is 7.59. The fourth-order valence-electron chi connectivity index (χ4n) is 2.23. The molecular formula is C12H20ClN3. The van der Waals surface area contributed by atoms with Gasteiger partial charge in [0.1, 0.15) is 5.15 Å². The van der Waals surface area contributed by atoms with Crippen LogP contribution in [0.3, 0.4) is 0 Å². The summed E-state index contributed by atoms with van der Waals surface area (Å²) in [7, 11) is 1.88. The predicted octanol–water partition coefficient (Wildman–Crippen LogP) is 2.44. The second-order valence-corrected chi connectivity index (χ2v) is 5.23. The zero-order valence-electron chi connectivity index (χ0n) is 10.0. The standard InChI is InChI=1S/C12H20ClN3/c1-8-10(12(13)16(2)15-8)4-3-5-11(14)9-6-7-9/h9,11H,3-7,14H2,1-2H3. The molecule has 1 aromatic rings. The molecule has 1 aromatic heterocycles. The molecule has 1 aliphatic rings. The van der Waals surface area contributed by atoms with Crippen molar-refractivity contribution in [3.05, 3.63) is 16.4 Å². The number of hydrogen-bond donors (Lipinski definition) is 1. The molecule has 0 radical (unpaired) electrons. The van der Waals surface area contributed by atoms with Crippen molar-refractivity contribution in [1.82, 2.24) is 9.78 Å². The van der Waals surface area contributed by atoms with Crippen molar-refractivity contribution in [3.63, 3.8) is 0 Å². The summed E-state index contributed by atoms with van der Waals surface area (Å²) in [6.07, 6.45) is 5.87. The first-order valence-corrected chi connectivity index (χ1v) is 6.41. The van der Waals surface area contributed by atoms with Gasteiger partial charge in [-0.15, -0.1) is 0 Å². The Kier molecular flexibility index (Phi) is 3.55. The van der Waals surface area contributed by atoms with Crippen molar-refractivity contribution in [1.29, 1.82) is 0 Å². The van der Waals surface area contributed by atoms with Crippen molar-refractivity contribution < 1.29 is 0 Å². The molecule has 1 unspecified atom stereocenters. The lowest BCUT2D eigenvalue weighted by Crippen LogP contribution is -2.22. The highest BCUT2D eigenvalue weighted by molar-refractivity contribution is 6.30. The number of nitrogens with two attached hydrogens (primary N) is 1. The van der Waals surface area contributed by atoms with E-state index in [9.17, 15) is 0 Å². The third-order valence-electron chi connectivity index (χ3n) is 3.46. The maximum Gasteiger partial charge on any atom is 0.130 e. The van der Waals surface area contributed by atoms with Crippen LogP contribution in [0, 0.1) is 12.8 Å². The molecule has 1 saturated carbocycles. The third kappa shape index (κ3) is 2.58. The molecule has 4 heteroatoms. The Labute approximate surface area is 102 Å². The van der Waals surface area contributed by atoms with Gasteiger partial charge in [0.05, 0.1) is 5.69 Å². The quantitative estimate of drug-likeness (QED) is 0.861. The van der Waals surface area contributed by atoms with Gasteiger partial charge in [-0.1, -0.05) is 11.6 Å².